The van der Waals surface area contributed by atoms with Crippen LogP contribution < -0.4 is 11.2 Å². The number of rotatable bonds is 5. The summed E-state index contributed by atoms with van der Waals surface area (Å²) in [5.74, 6) is -0.387. The molecule has 0 aliphatic heterocycles. The number of esters is 1. The van der Waals surface area contributed by atoms with Crippen molar-refractivity contribution in [1.82, 2.24) is 19.1 Å². The molecule has 0 saturated carbocycles. The highest BCUT2D eigenvalue weighted by Gasteiger charge is 2.22. The number of aryl methyl sites for hydroxylation is 1. The molecule has 0 aliphatic carbocycles. The number of aromatic amines is 1. The average molecular weight is 338 g/mol. The number of carbonyl (C=O) groups excluding carboxylic acids is 1. The lowest BCUT2D eigenvalue weighted by atomic mass is 10.4. The molecule has 0 unspecified atom stereocenters. The zero-order chi connectivity index (χ0) is 17.1. The molecule has 23 heavy (non-hydrogen) atoms. The van der Waals surface area contributed by atoms with Crippen LogP contribution in [0, 0.1) is 0 Å². The zero-order valence-corrected chi connectivity index (χ0v) is 14.1. The summed E-state index contributed by atoms with van der Waals surface area (Å²) in [6.45, 7) is 3.96. The van der Waals surface area contributed by atoms with E-state index in [9.17, 15) is 14.4 Å². The van der Waals surface area contributed by atoms with Crippen molar-refractivity contribution in [2.45, 2.75) is 30.8 Å². The number of methoxy groups -OCH3 is 1. The molecule has 0 amide bonds. The van der Waals surface area contributed by atoms with Gasteiger partial charge in [0.1, 0.15) is 5.25 Å². The lowest BCUT2D eigenvalue weighted by Gasteiger charge is -2.09. The van der Waals surface area contributed by atoms with Gasteiger partial charge in [0.05, 0.1) is 7.11 Å². The molecule has 0 fully saturated rings. The third-order valence-electron chi connectivity index (χ3n) is 3.31. The van der Waals surface area contributed by atoms with Gasteiger partial charge in [-0.15, -0.1) is 0 Å². The average Bonchev–Trinajstić information content (AvgIpc) is 2.88. The maximum absolute atomic E-state index is 12.2. The maximum Gasteiger partial charge on any atom is 0.329 e. The van der Waals surface area contributed by atoms with Crippen molar-refractivity contribution >= 4 is 28.9 Å². The smallest absolute Gasteiger partial charge is 0.329 e. The summed E-state index contributed by atoms with van der Waals surface area (Å²) in [7, 11) is 2.85. The SMILES string of the molecule is C/C=C/Cn1c(S[C@@H](C)C(=O)OC)nc2c1c(=O)[nH]c(=O)n2C. The first kappa shape index (κ1) is 17.1. The summed E-state index contributed by atoms with van der Waals surface area (Å²) in [6, 6.07) is 0. The number of fused-ring (bicyclic) bond motifs is 1. The van der Waals surface area contributed by atoms with E-state index in [4.69, 9.17) is 4.74 Å². The fourth-order valence-electron chi connectivity index (χ4n) is 2.06. The number of carbonyl (C=O) groups is 1. The van der Waals surface area contributed by atoms with Gasteiger partial charge in [0.25, 0.3) is 5.56 Å². The van der Waals surface area contributed by atoms with Gasteiger partial charge >= 0.3 is 11.7 Å². The fourth-order valence-corrected chi connectivity index (χ4v) is 3.00. The number of ether oxygens (including phenoxy) is 1. The van der Waals surface area contributed by atoms with Gasteiger partial charge in [0.15, 0.2) is 16.3 Å². The van der Waals surface area contributed by atoms with E-state index in [0.29, 0.717) is 17.2 Å². The number of allylic oxidation sites excluding steroid dienone is 2. The lowest BCUT2D eigenvalue weighted by Crippen LogP contribution is -2.29. The Balaban J connectivity index is 2.65. The number of thioether (sulfide) groups is 1. The first-order chi connectivity index (χ1) is 10.9. The van der Waals surface area contributed by atoms with Crippen molar-refractivity contribution in [3.05, 3.63) is 33.0 Å². The van der Waals surface area contributed by atoms with E-state index in [2.05, 4.69) is 9.97 Å². The van der Waals surface area contributed by atoms with Crippen LogP contribution in [0.4, 0.5) is 0 Å². The Hall–Kier alpha value is -2.29. The summed E-state index contributed by atoms with van der Waals surface area (Å²) in [6.07, 6.45) is 3.71. The summed E-state index contributed by atoms with van der Waals surface area (Å²) >= 11 is 1.18. The molecule has 2 aromatic heterocycles. The molecular formula is C14H18N4O4S. The summed E-state index contributed by atoms with van der Waals surface area (Å²) in [5, 5.41) is -0.0139. The summed E-state index contributed by atoms with van der Waals surface area (Å²) in [4.78, 5) is 42.2. The fraction of sp³-hybridized carbons (Fsp3) is 0.429. The Morgan fingerprint density at radius 1 is 1.48 bits per heavy atom. The summed E-state index contributed by atoms with van der Waals surface area (Å²) in [5.41, 5.74) is -0.457. The van der Waals surface area contributed by atoms with E-state index in [1.165, 1.54) is 30.5 Å². The second-order valence-corrected chi connectivity index (χ2v) is 6.16. The molecule has 2 heterocycles. The Bertz CT molecular complexity index is 877. The number of nitrogens with one attached hydrogen (secondary N) is 1. The minimum Gasteiger partial charge on any atom is -0.468 e. The molecule has 0 saturated heterocycles. The van der Waals surface area contributed by atoms with Crippen LogP contribution in [0.15, 0.2) is 26.9 Å². The standard InChI is InChI=1S/C14H18N4O4S/c1-5-6-7-18-9-10(17(3)13(21)16-11(9)19)15-14(18)23-8(2)12(20)22-4/h5-6,8H,7H2,1-4H3,(H,16,19,21)/b6-5+/t8-/m0/s1. The van der Waals surface area contributed by atoms with Crippen molar-refractivity contribution in [1.29, 1.82) is 0 Å². The van der Waals surface area contributed by atoms with Crippen LogP contribution in [0.1, 0.15) is 13.8 Å². The van der Waals surface area contributed by atoms with Gasteiger partial charge in [0.2, 0.25) is 0 Å². The van der Waals surface area contributed by atoms with E-state index in [1.807, 2.05) is 19.1 Å². The highest BCUT2D eigenvalue weighted by molar-refractivity contribution is 8.00. The molecule has 1 N–H and O–H groups in total. The van der Waals surface area contributed by atoms with Gasteiger partial charge in [-0.25, -0.2) is 9.78 Å². The monoisotopic (exact) mass is 338 g/mol. The molecule has 9 heteroatoms. The molecule has 2 rings (SSSR count). The largest absolute Gasteiger partial charge is 0.468 e. The molecule has 0 radical (unpaired) electrons. The van der Waals surface area contributed by atoms with Crippen molar-refractivity contribution in [2.75, 3.05) is 7.11 Å². The molecular weight excluding hydrogens is 320 g/mol. The van der Waals surface area contributed by atoms with Gasteiger partial charge in [-0.3, -0.25) is 19.1 Å². The van der Waals surface area contributed by atoms with Gasteiger partial charge in [-0.1, -0.05) is 23.9 Å². The molecule has 2 aromatic rings. The van der Waals surface area contributed by atoms with Crippen LogP contribution in [-0.4, -0.2) is 37.4 Å². The minimum atomic E-state index is -0.532. The molecule has 0 bridgehead atoms. The van der Waals surface area contributed by atoms with Crippen molar-refractivity contribution in [3.8, 4) is 0 Å². The highest BCUT2D eigenvalue weighted by atomic mass is 32.2. The van der Waals surface area contributed by atoms with Crippen LogP contribution in [0.25, 0.3) is 11.2 Å². The van der Waals surface area contributed by atoms with Crippen LogP contribution >= 0.6 is 11.8 Å². The quantitative estimate of drug-likeness (QED) is 0.488. The summed E-state index contributed by atoms with van der Waals surface area (Å²) < 4.78 is 7.66. The third kappa shape index (κ3) is 3.24. The second-order valence-electron chi connectivity index (χ2n) is 4.85. The molecule has 124 valence electrons. The predicted octanol–water partition coefficient (Wildman–Crippen LogP) is 0.653. The van der Waals surface area contributed by atoms with Crippen molar-refractivity contribution in [2.24, 2.45) is 7.05 Å². The Morgan fingerprint density at radius 2 is 2.17 bits per heavy atom. The van der Waals surface area contributed by atoms with E-state index in [0.717, 1.165) is 0 Å². The van der Waals surface area contributed by atoms with E-state index in [-0.39, 0.29) is 11.6 Å². The topological polar surface area (TPSA) is 99.0 Å². The number of aromatic nitrogens is 4. The Kier molecular flexibility index (Phi) is 5.09. The normalized spacial score (nSPS) is 12.9. The van der Waals surface area contributed by atoms with E-state index < -0.39 is 16.5 Å². The van der Waals surface area contributed by atoms with Crippen LogP contribution in [0.3, 0.4) is 0 Å². The molecule has 0 spiro atoms. The van der Waals surface area contributed by atoms with E-state index >= 15 is 0 Å². The Morgan fingerprint density at radius 3 is 2.78 bits per heavy atom. The second kappa shape index (κ2) is 6.86. The first-order valence-electron chi connectivity index (χ1n) is 6.95. The molecule has 0 aromatic carbocycles. The highest BCUT2D eigenvalue weighted by Crippen LogP contribution is 2.26. The molecule has 1 atom stereocenters. The van der Waals surface area contributed by atoms with Gasteiger partial charge in [-0.05, 0) is 13.8 Å². The third-order valence-corrected chi connectivity index (χ3v) is 4.38. The zero-order valence-electron chi connectivity index (χ0n) is 13.3. The number of hydrogen-bond acceptors (Lipinski definition) is 6. The molecule has 0 aliphatic rings. The van der Waals surface area contributed by atoms with Gasteiger partial charge in [0, 0.05) is 13.6 Å². The molecule has 8 nitrogen and oxygen atoms in total. The first-order valence-corrected chi connectivity index (χ1v) is 7.83. The maximum atomic E-state index is 12.2. The van der Waals surface area contributed by atoms with Crippen LogP contribution in [0.2, 0.25) is 0 Å². The number of imidazole rings is 1. The van der Waals surface area contributed by atoms with Crippen LogP contribution in [-0.2, 0) is 23.1 Å². The minimum absolute atomic E-state index is 0.280. The van der Waals surface area contributed by atoms with Gasteiger partial charge < -0.3 is 9.30 Å². The van der Waals surface area contributed by atoms with E-state index in [1.54, 1.807) is 11.5 Å². The lowest BCUT2D eigenvalue weighted by molar-refractivity contribution is -0.139. The number of H-pyrrole nitrogens is 1. The van der Waals surface area contributed by atoms with Crippen molar-refractivity contribution < 1.29 is 9.53 Å². The van der Waals surface area contributed by atoms with Crippen LogP contribution in [0.5, 0.6) is 0 Å². The van der Waals surface area contributed by atoms with Crippen molar-refractivity contribution in [3.63, 3.8) is 0 Å². The van der Waals surface area contributed by atoms with Gasteiger partial charge in [-0.2, -0.15) is 0 Å². The predicted molar refractivity (Wildman–Crippen MR) is 87.7 cm³/mol. The number of nitrogens with zero attached hydrogens (tertiary/aromatic N) is 3. The number of hydrogen-bond donors (Lipinski definition) is 1. The Labute approximate surface area is 136 Å².